The van der Waals surface area contributed by atoms with E-state index in [1.807, 2.05) is 12.3 Å². The van der Waals surface area contributed by atoms with Gasteiger partial charge in [-0.2, -0.15) is 4.57 Å². The average molecular weight is 562 g/mol. The monoisotopic (exact) mass is 561 g/mol. The number of thioether (sulfide) groups is 1. The molecular weight excluding hydrogens is 540 g/mol. The van der Waals surface area contributed by atoms with E-state index in [0.29, 0.717) is 22.0 Å². The van der Waals surface area contributed by atoms with Crippen molar-refractivity contribution in [2.24, 2.45) is 5.16 Å². The Hall–Kier alpha value is -3.76. The summed E-state index contributed by atoms with van der Waals surface area (Å²) >= 11 is 3.87. The molecule has 13 nitrogen and oxygen atoms in total. The number of carbonyl (C=O) groups is 3. The zero-order chi connectivity index (χ0) is 26.3. The number of thiazole rings is 2. The predicted molar refractivity (Wildman–Crippen MR) is 139 cm³/mol. The smallest absolute Gasteiger partial charge is 0.352 e. The van der Waals surface area contributed by atoms with Crippen molar-refractivity contribution in [3.05, 3.63) is 40.8 Å². The van der Waals surface area contributed by atoms with Gasteiger partial charge in [-0.15, -0.1) is 23.1 Å². The first-order valence-corrected chi connectivity index (χ1v) is 13.7. The summed E-state index contributed by atoms with van der Waals surface area (Å²) < 4.78 is 2.73. The summed E-state index contributed by atoms with van der Waals surface area (Å²) in [6, 6.07) is 0.930. The number of aromatic nitrogens is 3. The number of nitrogens with two attached hydrogens (primary N) is 2. The van der Waals surface area contributed by atoms with E-state index in [-0.39, 0.29) is 35.4 Å². The fraction of sp³-hybridized carbons (Fsp3) is 0.286. The Labute approximate surface area is 221 Å². The first-order chi connectivity index (χ1) is 17.8. The number of anilines is 2. The lowest BCUT2D eigenvalue weighted by atomic mass is 10.0. The lowest BCUT2D eigenvalue weighted by Gasteiger charge is -2.49. The van der Waals surface area contributed by atoms with E-state index < -0.39 is 29.2 Å². The van der Waals surface area contributed by atoms with Crippen molar-refractivity contribution < 1.29 is 28.9 Å². The highest BCUT2D eigenvalue weighted by Gasteiger charge is 2.54. The molecule has 0 aliphatic carbocycles. The molecular formula is C21H21N8O5S3+. The molecule has 0 bridgehead atoms. The Bertz CT molecular complexity index is 1480. The summed E-state index contributed by atoms with van der Waals surface area (Å²) in [5, 5.41) is 18.1. The standard InChI is InChI=1S/C21H20N8O5S3/c1-2-34-27-13(11-8-36-20(22)25-11)16(30)26-14-17(31)29-15(19(32)33)9(7-35-18(14)29)5-28-4-3-12-10(6-28)24-21(23)37-12/h3-4,6,8,14,18H,2,5,7H2,1H3,(H5-,22,23,24,25,26,30,32,33)/p+1/t14?,18-/m0/s1. The molecule has 192 valence electrons. The molecule has 3 aromatic rings. The maximum atomic E-state index is 13.1. The van der Waals surface area contributed by atoms with Crippen LogP contribution in [0.15, 0.2) is 40.3 Å². The first kappa shape index (κ1) is 24.9. The van der Waals surface area contributed by atoms with Crippen molar-refractivity contribution in [2.45, 2.75) is 24.9 Å². The van der Waals surface area contributed by atoms with E-state index in [4.69, 9.17) is 16.3 Å². The number of fused-ring (bicyclic) bond motifs is 2. The molecule has 1 saturated heterocycles. The van der Waals surface area contributed by atoms with Gasteiger partial charge in [-0.05, 0) is 6.92 Å². The third-order valence-electron chi connectivity index (χ3n) is 5.58. The molecule has 3 aromatic heterocycles. The van der Waals surface area contributed by atoms with Gasteiger partial charge in [0.15, 0.2) is 34.9 Å². The minimum absolute atomic E-state index is 0.0832. The van der Waals surface area contributed by atoms with Gasteiger partial charge in [-0.25, -0.2) is 14.8 Å². The number of carbonyl (C=O) groups excluding carboxylic acids is 2. The van der Waals surface area contributed by atoms with Crippen LogP contribution in [0.3, 0.4) is 0 Å². The Morgan fingerprint density at radius 1 is 1.35 bits per heavy atom. The van der Waals surface area contributed by atoms with Crippen LogP contribution in [0.4, 0.5) is 10.3 Å². The molecule has 0 radical (unpaired) electrons. The summed E-state index contributed by atoms with van der Waals surface area (Å²) in [4.78, 5) is 52.9. The number of carboxylic acids is 1. The second-order valence-electron chi connectivity index (χ2n) is 7.97. The number of nitrogen functional groups attached to an aromatic ring is 2. The molecule has 0 aromatic carbocycles. The van der Waals surface area contributed by atoms with Gasteiger partial charge in [0.1, 0.15) is 34.9 Å². The molecule has 5 rings (SSSR count). The van der Waals surface area contributed by atoms with Crippen LogP contribution in [-0.4, -0.2) is 67.2 Å². The largest absolute Gasteiger partial charge is 0.477 e. The fourth-order valence-corrected chi connectivity index (χ4v) is 6.58. The van der Waals surface area contributed by atoms with Crippen molar-refractivity contribution in [3.63, 3.8) is 0 Å². The fourth-order valence-electron chi connectivity index (χ4n) is 4.00. The second kappa shape index (κ2) is 9.95. The lowest BCUT2D eigenvalue weighted by molar-refractivity contribution is -0.687. The molecule has 0 saturated carbocycles. The normalized spacial score (nSPS) is 19.5. The third-order valence-corrected chi connectivity index (χ3v) is 8.46. The zero-order valence-electron chi connectivity index (χ0n) is 19.3. The van der Waals surface area contributed by atoms with Gasteiger partial charge in [-0.1, -0.05) is 16.5 Å². The van der Waals surface area contributed by atoms with Gasteiger partial charge in [0, 0.05) is 22.8 Å². The maximum absolute atomic E-state index is 13.1. The lowest BCUT2D eigenvalue weighted by Crippen LogP contribution is -2.71. The number of β-lactam (4-membered cyclic amide) rings is 1. The van der Waals surface area contributed by atoms with Gasteiger partial charge in [0.2, 0.25) is 0 Å². The molecule has 2 atom stereocenters. The van der Waals surface area contributed by atoms with Crippen molar-refractivity contribution >= 4 is 78.4 Å². The van der Waals surface area contributed by atoms with Crippen LogP contribution in [0.5, 0.6) is 0 Å². The Morgan fingerprint density at radius 3 is 2.86 bits per heavy atom. The van der Waals surface area contributed by atoms with Crippen LogP contribution in [0.1, 0.15) is 12.6 Å². The topological polar surface area (TPSA) is 190 Å². The van der Waals surface area contributed by atoms with E-state index in [2.05, 4.69) is 20.4 Å². The molecule has 1 fully saturated rings. The van der Waals surface area contributed by atoms with E-state index in [9.17, 15) is 19.5 Å². The summed E-state index contributed by atoms with van der Waals surface area (Å²) in [6.45, 7) is 2.19. The summed E-state index contributed by atoms with van der Waals surface area (Å²) in [5.41, 5.74) is 12.7. The molecule has 2 aliphatic rings. The number of oxime groups is 1. The molecule has 37 heavy (non-hydrogen) atoms. The van der Waals surface area contributed by atoms with Crippen molar-refractivity contribution in [3.8, 4) is 0 Å². The van der Waals surface area contributed by atoms with E-state index in [1.165, 1.54) is 28.0 Å². The Morgan fingerprint density at radius 2 is 2.16 bits per heavy atom. The third kappa shape index (κ3) is 4.70. The van der Waals surface area contributed by atoms with Crippen LogP contribution < -0.4 is 21.4 Å². The molecule has 16 heteroatoms. The van der Waals surface area contributed by atoms with E-state index in [1.54, 1.807) is 23.1 Å². The Balaban J connectivity index is 1.35. The number of amides is 2. The van der Waals surface area contributed by atoms with Crippen molar-refractivity contribution in [1.29, 1.82) is 0 Å². The SMILES string of the molecule is CCON=C(C(=O)NC1C(=O)N2C(C(=O)O)=C(C[n+]3ccc4sc(N)nc4c3)CS[C@@H]12)c1csc(N)n1. The van der Waals surface area contributed by atoms with Crippen LogP contribution >= 0.6 is 34.4 Å². The molecule has 5 heterocycles. The van der Waals surface area contributed by atoms with E-state index >= 15 is 0 Å². The van der Waals surface area contributed by atoms with E-state index in [0.717, 1.165) is 16.0 Å². The predicted octanol–water partition coefficient (Wildman–Crippen LogP) is 0.384. The zero-order valence-corrected chi connectivity index (χ0v) is 21.7. The van der Waals surface area contributed by atoms with Crippen LogP contribution in [-0.2, 0) is 25.8 Å². The quantitative estimate of drug-likeness (QED) is 0.129. The summed E-state index contributed by atoms with van der Waals surface area (Å²) in [7, 11) is 0. The first-order valence-electron chi connectivity index (χ1n) is 10.9. The minimum Gasteiger partial charge on any atom is -0.477 e. The number of carboxylic acid groups (broad SMARTS) is 1. The maximum Gasteiger partial charge on any atom is 0.352 e. The van der Waals surface area contributed by atoms with Crippen molar-refractivity contribution in [2.75, 3.05) is 23.8 Å². The number of pyridine rings is 1. The number of aliphatic carboxylic acids is 1. The Kier molecular flexibility index (Phi) is 6.70. The highest BCUT2D eigenvalue weighted by atomic mass is 32.2. The summed E-state index contributed by atoms with van der Waals surface area (Å²) in [6.07, 6.45) is 3.60. The molecule has 6 N–H and O–H groups in total. The molecule has 1 unspecified atom stereocenters. The number of hydrogen-bond donors (Lipinski definition) is 4. The highest BCUT2D eigenvalue weighted by molar-refractivity contribution is 8.00. The summed E-state index contributed by atoms with van der Waals surface area (Å²) in [5.74, 6) is -2.05. The van der Waals surface area contributed by atoms with Gasteiger partial charge in [0.05, 0.1) is 4.70 Å². The highest BCUT2D eigenvalue weighted by Crippen LogP contribution is 2.40. The van der Waals surface area contributed by atoms with Crippen LogP contribution in [0.2, 0.25) is 0 Å². The molecule has 0 spiro atoms. The number of nitrogens with zero attached hydrogens (tertiary/aromatic N) is 5. The average Bonchev–Trinajstić information content (AvgIpc) is 3.46. The number of hydrogen-bond acceptors (Lipinski definition) is 12. The van der Waals surface area contributed by atoms with Gasteiger partial charge in [0.25, 0.3) is 11.8 Å². The van der Waals surface area contributed by atoms with Crippen LogP contribution in [0.25, 0.3) is 10.2 Å². The van der Waals surface area contributed by atoms with Gasteiger partial charge >= 0.3 is 5.97 Å². The number of nitrogens with one attached hydrogen (secondary N) is 1. The van der Waals surface area contributed by atoms with Gasteiger partial charge in [-0.3, -0.25) is 14.5 Å². The van der Waals surface area contributed by atoms with Gasteiger partial charge < -0.3 is 26.7 Å². The molecule has 2 aliphatic heterocycles. The number of rotatable bonds is 8. The minimum atomic E-state index is -1.21. The molecule has 2 amide bonds. The second-order valence-corrected chi connectivity index (χ2v) is 11.0. The van der Waals surface area contributed by atoms with Crippen LogP contribution in [0, 0.1) is 0 Å². The van der Waals surface area contributed by atoms with Crippen molar-refractivity contribution in [1.82, 2.24) is 20.2 Å².